The summed E-state index contributed by atoms with van der Waals surface area (Å²) in [5, 5.41) is 8.52. The Morgan fingerprint density at radius 1 is 1.30 bits per heavy atom. The van der Waals surface area contributed by atoms with Crippen LogP contribution in [0.25, 0.3) is 0 Å². The summed E-state index contributed by atoms with van der Waals surface area (Å²) in [6, 6.07) is 0. The molecule has 134 valence electrons. The molecule has 23 heavy (non-hydrogen) atoms. The molecule has 0 spiro atoms. The molecule has 1 aliphatic heterocycles. The van der Waals surface area contributed by atoms with E-state index in [9.17, 15) is 22.8 Å². The number of carbonyl (C=O) groups excluding carboxylic acids is 2. The van der Waals surface area contributed by atoms with Crippen LogP contribution < -0.4 is 5.48 Å². The number of hydroxylamine groups is 1. The number of aliphatic hydroxyl groups is 1. The maximum absolute atomic E-state index is 13.4. The van der Waals surface area contributed by atoms with Crippen LogP contribution in [-0.2, 0) is 14.4 Å². The molecule has 2 amide bonds. The second-order valence-corrected chi connectivity index (χ2v) is 6.24. The highest BCUT2D eigenvalue weighted by molar-refractivity contribution is 5.84. The number of ether oxygens (including phenoxy) is 1. The number of halogens is 3. The Kier molecular flexibility index (Phi) is 5.86. The average molecular weight is 342 g/mol. The first-order valence-corrected chi connectivity index (χ1v) is 7.01. The third-order valence-corrected chi connectivity index (χ3v) is 3.26. The summed E-state index contributed by atoms with van der Waals surface area (Å²) in [5.74, 6) is -1.40. The summed E-state index contributed by atoms with van der Waals surface area (Å²) in [6.07, 6.45) is -6.37. The number of hydrogen-bond donors (Lipinski definition) is 2. The van der Waals surface area contributed by atoms with Crippen LogP contribution in [0.3, 0.4) is 0 Å². The predicted octanol–water partition coefficient (Wildman–Crippen LogP) is 1.22. The Hall–Kier alpha value is -1.55. The minimum absolute atomic E-state index is 0.262. The highest BCUT2D eigenvalue weighted by atomic mass is 19.4. The van der Waals surface area contributed by atoms with Gasteiger partial charge in [-0.05, 0) is 27.2 Å². The lowest BCUT2D eigenvalue weighted by Gasteiger charge is -2.30. The summed E-state index contributed by atoms with van der Waals surface area (Å²) in [5.41, 5.74) is -1.94. The number of amides is 2. The number of likely N-dealkylation sites (tertiary alicyclic amines) is 1. The van der Waals surface area contributed by atoms with Crippen LogP contribution in [0.4, 0.5) is 18.0 Å². The van der Waals surface area contributed by atoms with E-state index in [1.807, 2.05) is 0 Å². The van der Waals surface area contributed by atoms with E-state index in [1.54, 1.807) is 26.3 Å². The van der Waals surface area contributed by atoms with Gasteiger partial charge in [0.1, 0.15) is 5.60 Å². The van der Waals surface area contributed by atoms with Crippen LogP contribution in [0.2, 0.25) is 0 Å². The quantitative estimate of drug-likeness (QED) is 0.592. The second kappa shape index (κ2) is 6.91. The standard InChI is InChI=1S/C13H21F3N2O5/c1-11(2,3)23-10(21)18-5-4-12(8-18,13(14,15)16)9(20)17-22-7-6-19/h19H,4-8H2,1-3H3,(H,17,20). The maximum atomic E-state index is 13.4. The van der Waals surface area contributed by atoms with Gasteiger partial charge in [-0.15, -0.1) is 0 Å². The normalized spacial score (nSPS) is 22.1. The summed E-state index contributed by atoms with van der Waals surface area (Å²) in [6.45, 7) is 2.87. The molecule has 0 aromatic rings. The van der Waals surface area contributed by atoms with Crippen LogP contribution in [0, 0.1) is 5.41 Å². The highest BCUT2D eigenvalue weighted by Gasteiger charge is 2.64. The molecule has 1 fully saturated rings. The Morgan fingerprint density at radius 3 is 2.39 bits per heavy atom. The largest absolute Gasteiger partial charge is 0.444 e. The van der Waals surface area contributed by atoms with E-state index in [1.165, 1.54) is 0 Å². The third kappa shape index (κ3) is 4.71. The molecular formula is C13H21F3N2O5. The van der Waals surface area contributed by atoms with Crippen LogP contribution in [0.1, 0.15) is 27.2 Å². The molecule has 2 N–H and O–H groups in total. The van der Waals surface area contributed by atoms with Gasteiger partial charge >= 0.3 is 12.3 Å². The van der Waals surface area contributed by atoms with E-state index in [-0.39, 0.29) is 13.2 Å². The smallest absolute Gasteiger partial charge is 0.410 e. The monoisotopic (exact) mass is 342 g/mol. The molecule has 7 nitrogen and oxygen atoms in total. The number of carbonyl (C=O) groups is 2. The average Bonchev–Trinajstić information content (AvgIpc) is 2.82. The van der Waals surface area contributed by atoms with E-state index in [0.717, 1.165) is 4.90 Å². The molecule has 0 radical (unpaired) electrons. The second-order valence-electron chi connectivity index (χ2n) is 6.24. The van der Waals surface area contributed by atoms with Crippen LogP contribution >= 0.6 is 0 Å². The van der Waals surface area contributed by atoms with Crippen molar-refractivity contribution in [2.45, 2.75) is 39.0 Å². The van der Waals surface area contributed by atoms with E-state index >= 15 is 0 Å². The molecule has 0 aliphatic carbocycles. The first kappa shape index (κ1) is 19.5. The van der Waals surface area contributed by atoms with Gasteiger partial charge in [0.15, 0.2) is 5.41 Å². The zero-order valence-corrected chi connectivity index (χ0v) is 13.2. The fourth-order valence-corrected chi connectivity index (χ4v) is 2.10. The van der Waals surface area contributed by atoms with Gasteiger partial charge in [-0.25, -0.2) is 10.3 Å². The minimum Gasteiger partial charge on any atom is -0.444 e. The van der Waals surface area contributed by atoms with Crippen molar-refractivity contribution < 1.29 is 37.4 Å². The van der Waals surface area contributed by atoms with Crippen LogP contribution in [0.5, 0.6) is 0 Å². The van der Waals surface area contributed by atoms with Crippen LogP contribution in [-0.4, -0.2) is 60.1 Å². The molecular weight excluding hydrogens is 321 g/mol. The van der Waals surface area contributed by atoms with Crippen molar-refractivity contribution in [1.82, 2.24) is 10.4 Å². The lowest BCUT2D eigenvalue weighted by Crippen LogP contribution is -2.53. The lowest BCUT2D eigenvalue weighted by atomic mass is 9.85. The maximum Gasteiger partial charge on any atom is 0.410 e. The zero-order chi connectivity index (χ0) is 17.9. The van der Waals surface area contributed by atoms with Crippen molar-refractivity contribution in [2.75, 3.05) is 26.3 Å². The van der Waals surface area contributed by atoms with Crippen LogP contribution in [0.15, 0.2) is 0 Å². The van der Waals surface area contributed by atoms with E-state index in [0.29, 0.717) is 0 Å². The third-order valence-electron chi connectivity index (χ3n) is 3.26. The SMILES string of the molecule is CC(C)(C)OC(=O)N1CCC(C(=O)NOCCO)(C(F)(F)F)C1. The lowest BCUT2D eigenvalue weighted by molar-refractivity contribution is -0.223. The minimum atomic E-state index is -4.86. The summed E-state index contributed by atoms with van der Waals surface area (Å²) in [4.78, 5) is 29.1. The van der Waals surface area contributed by atoms with Gasteiger partial charge < -0.3 is 14.7 Å². The molecule has 1 saturated heterocycles. The Bertz CT molecular complexity index is 450. The molecule has 0 aromatic heterocycles. The van der Waals surface area contributed by atoms with Gasteiger partial charge in [-0.3, -0.25) is 9.63 Å². The predicted molar refractivity (Wildman–Crippen MR) is 72.1 cm³/mol. The Balaban J connectivity index is 2.86. The number of rotatable bonds is 4. The van der Waals surface area contributed by atoms with E-state index < -0.39 is 48.8 Å². The summed E-state index contributed by atoms with van der Waals surface area (Å²) < 4.78 is 45.2. The molecule has 1 aliphatic rings. The number of nitrogens with one attached hydrogen (secondary N) is 1. The summed E-state index contributed by atoms with van der Waals surface area (Å²) in [7, 11) is 0. The Morgan fingerprint density at radius 2 is 1.91 bits per heavy atom. The van der Waals surface area contributed by atoms with Gasteiger partial charge in [0.25, 0.3) is 5.91 Å². The molecule has 0 bridgehead atoms. The molecule has 1 atom stereocenters. The van der Waals surface area contributed by atoms with Crippen molar-refractivity contribution in [3.63, 3.8) is 0 Å². The van der Waals surface area contributed by atoms with Gasteiger partial charge in [-0.1, -0.05) is 0 Å². The number of alkyl halides is 3. The highest BCUT2D eigenvalue weighted by Crippen LogP contribution is 2.46. The fourth-order valence-electron chi connectivity index (χ4n) is 2.10. The fraction of sp³-hybridized carbons (Fsp3) is 0.846. The zero-order valence-electron chi connectivity index (χ0n) is 13.2. The van der Waals surface area contributed by atoms with E-state index in [4.69, 9.17) is 9.84 Å². The van der Waals surface area contributed by atoms with Crippen molar-refractivity contribution in [3.8, 4) is 0 Å². The molecule has 1 heterocycles. The van der Waals surface area contributed by atoms with Gasteiger partial charge in [0, 0.05) is 13.1 Å². The van der Waals surface area contributed by atoms with Gasteiger partial charge in [0.05, 0.1) is 13.2 Å². The van der Waals surface area contributed by atoms with Crippen molar-refractivity contribution in [3.05, 3.63) is 0 Å². The van der Waals surface area contributed by atoms with Gasteiger partial charge in [-0.2, -0.15) is 13.2 Å². The molecule has 1 rings (SSSR count). The topological polar surface area (TPSA) is 88.1 Å². The van der Waals surface area contributed by atoms with Crippen molar-refractivity contribution >= 4 is 12.0 Å². The molecule has 0 aromatic carbocycles. The number of aliphatic hydroxyl groups excluding tert-OH is 1. The van der Waals surface area contributed by atoms with Gasteiger partial charge in [0.2, 0.25) is 0 Å². The van der Waals surface area contributed by atoms with Crippen molar-refractivity contribution in [2.24, 2.45) is 5.41 Å². The first-order valence-electron chi connectivity index (χ1n) is 7.01. The Labute approximate surface area is 131 Å². The summed E-state index contributed by atoms with van der Waals surface area (Å²) >= 11 is 0. The number of hydrogen-bond acceptors (Lipinski definition) is 5. The molecule has 0 saturated carbocycles. The molecule has 10 heteroatoms. The van der Waals surface area contributed by atoms with E-state index in [2.05, 4.69) is 4.84 Å². The van der Waals surface area contributed by atoms with Crippen molar-refractivity contribution in [1.29, 1.82) is 0 Å². The number of nitrogens with zero attached hydrogens (tertiary/aromatic N) is 1. The molecule has 1 unspecified atom stereocenters. The first-order chi connectivity index (χ1) is 10.4.